The van der Waals surface area contributed by atoms with Gasteiger partial charge in [-0.3, -0.25) is 9.36 Å². The number of thioether (sulfide) groups is 1. The van der Waals surface area contributed by atoms with Gasteiger partial charge in [0.05, 0.1) is 11.9 Å². The molecule has 1 aromatic heterocycles. The number of carboxylic acid groups (broad SMARTS) is 1. The zero-order chi connectivity index (χ0) is 16.1. The number of aliphatic carboxylic acids is 1. The van der Waals surface area contributed by atoms with Gasteiger partial charge in [0, 0.05) is 5.69 Å². The maximum atomic E-state index is 10.8. The number of ether oxygens (including phenoxy) is 1. The Bertz CT molecular complexity index is 655. The number of aryl methyl sites for hydroxylation is 1. The van der Waals surface area contributed by atoms with E-state index in [0.29, 0.717) is 17.6 Å². The molecule has 0 amide bonds. The van der Waals surface area contributed by atoms with Gasteiger partial charge in [-0.25, -0.2) is 0 Å². The van der Waals surface area contributed by atoms with Crippen molar-refractivity contribution in [2.75, 3.05) is 5.75 Å². The lowest BCUT2D eigenvalue weighted by molar-refractivity contribution is -0.133. The van der Waals surface area contributed by atoms with Gasteiger partial charge < -0.3 is 9.84 Å². The molecule has 2 aromatic rings. The summed E-state index contributed by atoms with van der Waals surface area (Å²) in [4.78, 5) is 10.8. The highest BCUT2D eigenvalue weighted by molar-refractivity contribution is 7.99. The van der Waals surface area contributed by atoms with Crippen LogP contribution < -0.4 is 0 Å². The summed E-state index contributed by atoms with van der Waals surface area (Å²) in [5.41, 5.74) is 2.01. The van der Waals surface area contributed by atoms with Crippen LogP contribution in [-0.4, -0.2) is 37.7 Å². The highest BCUT2D eigenvalue weighted by atomic mass is 32.2. The van der Waals surface area contributed by atoms with Gasteiger partial charge in [0.2, 0.25) is 0 Å². The maximum Gasteiger partial charge on any atom is 0.313 e. The molecule has 1 heterocycles. The van der Waals surface area contributed by atoms with Crippen LogP contribution in [0.15, 0.2) is 29.4 Å². The Morgan fingerprint density at radius 3 is 2.82 bits per heavy atom. The maximum absolute atomic E-state index is 10.8. The SMILES string of the molecule is Cc1cccc(-n2c(COC(C)C)nnc2SCC(=O)O)c1. The molecule has 0 unspecified atom stereocenters. The predicted octanol–water partition coefficient (Wildman–Crippen LogP) is 2.68. The van der Waals surface area contributed by atoms with E-state index in [1.165, 1.54) is 0 Å². The van der Waals surface area contributed by atoms with Gasteiger partial charge in [-0.05, 0) is 38.5 Å². The molecule has 2 rings (SSSR count). The predicted molar refractivity (Wildman–Crippen MR) is 84.4 cm³/mol. The highest BCUT2D eigenvalue weighted by Crippen LogP contribution is 2.23. The van der Waals surface area contributed by atoms with E-state index in [9.17, 15) is 4.79 Å². The van der Waals surface area contributed by atoms with Crippen LogP contribution in [0.1, 0.15) is 25.2 Å². The van der Waals surface area contributed by atoms with Crippen LogP contribution >= 0.6 is 11.8 Å². The molecule has 0 saturated carbocycles. The van der Waals surface area contributed by atoms with Crippen molar-refractivity contribution in [3.63, 3.8) is 0 Å². The number of rotatable bonds is 7. The van der Waals surface area contributed by atoms with Gasteiger partial charge in [0.15, 0.2) is 11.0 Å². The Labute approximate surface area is 133 Å². The van der Waals surface area contributed by atoms with E-state index < -0.39 is 5.97 Å². The minimum atomic E-state index is -0.885. The summed E-state index contributed by atoms with van der Waals surface area (Å²) < 4.78 is 7.46. The molecule has 6 nitrogen and oxygen atoms in total. The highest BCUT2D eigenvalue weighted by Gasteiger charge is 2.16. The first kappa shape index (κ1) is 16.5. The summed E-state index contributed by atoms with van der Waals surface area (Å²) in [7, 11) is 0. The standard InChI is InChI=1S/C15H19N3O3S/c1-10(2)21-8-13-16-17-15(22-9-14(19)20)18(13)12-6-4-5-11(3)7-12/h4-7,10H,8-9H2,1-3H3,(H,19,20). The first-order valence-electron chi connectivity index (χ1n) is 6.95. The van der Waals surface area contributed by atoms with Crippen molar-refractivity contribution < 1.29 is 14.6 Å². The molecule has 0 aliphatic heterocycles. The van der Waals surface area contributed by atoms with Crippen molar-refractivity contribution in [1.82, 2.24) is 14.8 Å². The third-order valence-corrected chi connectivity index (χ3v) is 3.74. The first-order chi connectivity index (χ1) is 10.5. The minimum Gasteiger partial charge on any atom is -0.481 e. The average molecular weight is 321 g/mol. The van der Waals surface area contributed by atoms with Crippen LogP contribution in [-0.2, 0) is 16.1 Å². The van der Waals surface area contributed by atoms with Crippen molar-refractivity contribution in [1.29, 1.82) is 0 Å². The van der Waals surface area contributed by atoms with E-state index in [4.69, 9.17) is 9.84 Å². The van der Waals surface area contributed by atoms with Crippen LogP contribution in [0.5, 0.6) is 0 Å². The van der Waals surface area contributed by atoms with Crippen LogP contribution in [0.3, 0.4) is 0 Å². The smallest absolute Gasteiger partial charge is 0.313 e. The minimum absolute atomic E-state index is 0.0605. The van der Waals surface area contributed by atoms with E-state index >= 15 is 0 Å². The summed E-state index contributed by atoms with van der Waals surface area (Å²) in [6, 6.07) is 7.90. The fourth-order valence-corrected chi connectivity index (χ4v) is 2.57. The summed E-state index contributed by atoms with van der Waals surface area (Å²) in [6.07, 6.45) is 0.0813. The van der Waals surface area contributed by atoms with Crippen molar-refractivity contribution in [2.45, 2.75) is 38.6 Å². The normalized spacial score (nSPS) is 11.1. The van der Waals surface area contributed by atoms with Gasteiger partial charge >= 0.3 is 5.97 Å². The molecular formula is C15H19N3O3S. The number of carboxylic acids is 1. The molecule has 0 atom stereocenters. The Hall–Kier alpha value is -1.86. The lowest BCUT2D eigenvalue weighted by Crippen LogP contribution is -2.09. The summed E-state index contributed by atoms with van der Waals surface area (Å²) in [5, 5.41) is 17.7. The summed E-state index contributed by atoms with van der Waals surface area (Å²) in [5.74, 6) is -0.286. The molecule has 0 radical (unpaired) electrons. The number of hydrogen-bond donors (Lipinski definition) is 1. The molecule has 0 spiro atoms. The molecule has 118 valence electrons. The molecule has 0 saturated heterocycles. The molecule has 0 bridgehead atoms. The summed E-state index contributed by atoms with van der Waals surface area (Å²) in [6.45, 7) is 6.23. The Morgan fingerprint density at radius 1 is 1.41 bits per heavy atom. The number of carbonyl (C=O) groups is 1. The number of hydrogen-bond acceptors (Lipinski definition) is 5. The van der Waals surface area contributed by atoms with E-state index in [-0.39, 0.29) is 11.9 Å². The molecule has 0 fully saturated rings. The fraction of sp³-hybridized carbons (Fsp3) is 0.400. The van der Waals surface area contributed by atoms with Crippen molar-refractivity contribution in [3.8, 4) is 5.69 Å². The second-order valence-corrected chi connectivity index (χ2v) is 6.06. The zero-order valence-corrected chi connectivity index (χ0v) is 13.6. The van der Waals surface area contributed by atoms with Gasteiger partial charge in [-0.2, -0.15) is 0 Å². The largest absolute Gasteiger partial charge is 0.481 e. The third-order valence-electron chi connectivity index (χ3n) is 2.83. The van der Waals surface area contributed by atoms with Gasteiger partial charge in [0.1, 0.15) is 6.61 Å². The third kappa shape index (κ3) is 4.32. The second-order valence-electron chi connectivity index (χ2n) is 5.12. The van der Waals surface area contributed by atoms with Crippen LogP contribution in [0.25, 0.3) is 5.69 Å². The average Bonchev–Trinajstić information content (AvgIpc) is 2.85. The quantitative estimate of drug-likeness (QED) is 0.790. The first-order valence-corrected chi connectivity index (χ1v) is 7.93. The van der Waals surface area contributed by atoms with E-state index in [1.54, 1.807) is 0 Å². The van der Waals surface area contributed by atoms with Crippen molar-refractivity contribution in [3.05, 3.63) is 35.7 Å². The number of aromatic nitrogens is 3. The number of benzene rings is 1. The van der Waals surface area contributed by atoms with Gasteiger partial charge in [-0.1, -0.05) is 23.9 Å². The van der Waals surface area contributed by atoms with Crippen molar-refractivity contribution in [2.24, 2.45) is 0 Å². The number of nitrogens with zero attached hydrogens (tertiary/aromatic N) is 3. The molecule has 1 N–H and O–H groups in total. The van der Waals surface area contributed by atoms with Crippen LogP contribution in [0.2, 0.25) is 0 Å². The van der Waals surface area contributed by atoms with E-state index in [1.807, 2.05) is 49.6 Å². The van der Waals surface area contributed by atoms with Crippen LogP contribution in [0.4, 0.5) is 0 Å². The molecule has 0 aliphatic carbocycles. The van der Waals surface area contributed by atoms with Crippen molar-refractivity contribution >= 4 is 17.7 Å². The molecular weight excluding hydrogens is 302 g/mol. The second kappa shape index (κ2) is 7.42. The monoisotopic (exact) mass is 321 g/mol. The lowest BCUT2D eigenvalue weighted by atomic mass is 10.2. The summed E-state index contributed by atoms with van der Waals surface area (Å²) >= 11 is 1.15. The Morgan fingerprint density at radius 2 is 2.18 bits per heavy atom. The fourth-order valence-electron chi connectivity index (χ4n) is 1.88. The zero-order valence-electron chi connectivity index (χ0n) is 12.8. The molecule has 7 heteroatoms. The topological polar surface area (TPSA) is 77.2 Å². The molecule has 0 aliphatic rings. The Balaban J connectivity index is 2.36. The Kier molecular flexibility index (Phi) is 5.57. The van der Waals surface area contributed by atoms with Crippen LogP contribution in [0, 0.1) is 6.92 Å². The lowest BCUT2D eigenvalue weighted by Gasteiger charge is -2.12. The molecule has 1 aromatic carbocycles. The van der Waals surface area contributed by atoms with E-state index in [0.717, 1.165) is 23.0 Å². The van der Waals surface area contributed by atoms with Gasteiger partial charge in [-0.15, -0.1) is 10.2 Å². The van der Waals surface area contributed by atoms with Gasteiger partial charge in [0.25, 0.3) is 0 Å². The molecule has 22 heavy (non-hydrogen) atoms. The van der Waals surface area contributed by atoms with E-state index in [2.05, 4.69) is 10.2 Å².